The maximum atomic E-state index is 12.6. The maximum Gasteiger partial charge on any atom is 0.326 e. The normalized spacial score (nSPS) is 34.5. The number of hydrogen-bond donors (Lipinski definition) is 2. The van der Waals surface area contributed by atoms with Gasteiger partial charge in [-0.2, -0.15) is 0 Å². The highest BCUT2D eigenvalue weighted by Gasteiger charge is 2.50. The van der Waals surface area contributed by atoms with Crippen LogP contribution in [0.4, 0.5) is 4.79 Å². The second-order valence-corrected chi connectivity index (χ2v) is 7.34. The second kappa shape index (κ2) is 5.50. The molecule has 1 saturated heterocycles. The lowest BCUT2D eigenvalue weighted by molar-refractivity contribution is -0.142. The Morgan fingerprint density at radius 3 is 2.52 bits per heavy atom. The Morgan fingerprint density at radius 1 is 1.14 bits per heavy atom. The van der Waals surface area contributed by atoms with Crippen LogP contribution in [-0.2, 0) is 4.79 Å². The van der Waals surface area contributed by atoms with Crippen LogP contribution >= 0.6 is 0 Å². The molecule has 1 aliphatic heterocycles. The molecule has 3 unspecified atom stereocenters. The number of carboxylic acid groups (broad SMARTS) is 1. The number of nitrogens with zero attached hydrogens (tertiary/aromatic N) is 1. The van der Waals surface area contributed by atoms with E-state index < -0.39 is 12.0 Å². The van der Waals surface area contributed by atoms with Crippen LogP contribution in [0.3, 0.4) is 0 Å². The van der Waals surface area contributed by atoms with Crippen LogP contribution in [0.15, 0.2) is 0 Å². The van der Waals surface area contributed by atoms with Gasteiger partial charge in [0.05, 0.1) is 0 Å². The number of carbonyl (C=O) groups excluding carboxylic acids is 1. The number of aliphatic carboxylic acids is 1. The molecule has 0 aromatic carbocycles. The molecule has 2 amide bonds. The first kappa shape index (κ1) is 14.7. The van der Waals surface area contributed by atoms with Crippen molar-refractivity contribution in [2.45, 2.75) is 69.9 Å². The summed E-state index contributed by atoms with van der Waals surface area (Å²) in [7, 11) is 0. The third-order valence-corrected chi connectivity index (χ3v) is 5.77. The molecule has 1 heterocycles. The fourth-order valence-electron chi connectivity index (χ4n) is 4.62. The first-order valence-corrected chi connectivity index (χ1v) is 8.32. The van der Waals surface area contributed by atoms with Gasteiger partial charge in [-0.1, -0.05) is 25.7 Å². The minimum atomic E-state index is -0.839. The zero-order chi connectivity index (χ0) is 15.0. The molecule has 0 bridgehead atoms. The van der Waals surface area contributed by atoms with Gasteiger partial charge in [0.15, 0.2) is 0 Å². The van der Waals surface area contributed by atoms with Crippen molar-refractivity contribution >= 4 is 12.0 Å². The van der Waals surface area contributed by atoms with Gasteiger partial charge in [0.2, 0.25) is 0 Å². The highest BCUT2D eigenvalue weighted by molar-refractivity contribution is 5.84. The lowest BCUT2D eigenvalue weighted by Crippen LogP contribution is -2.55. The van der Waals surface area contributed by atoms with Crippen molar-refractivity contribution in [2.75, 3.05) is 6.54 Å². The van der Waals surface area contributed by atoms with Crippen molar-refractivity contribution in [3.05, 3.63) is 0 Å². The second-order valence-electron chi connectivity index (χ2n) is 7.34. The Kier molecular flexibility index (Phi) is 3.84. The fourth-order valence-corrected chi connectivity index (χ4v) is 4.62. The van der Waals surface area contributed by atoms with Gasteiger partial charge in [0.1, 0.15) is 6.04 Å². The van der Waals surface area contributed by atoms with E-state index >= 15 is 0 Å². The molecule has 2 saturated carbocycles. The minimum absolute atomic E-state index is 0.157. The molecular formula is C16H26N2O3. The van der Waals surface area contributed by atoms with Crippen LogP contribution in [0.5, 0.6) is 0 Å². The largest absolute Gasteiger partial charge is 0.480 e. The number of carboxylic acids is 1. The number of likely N-dealkylation sites (tertiary alicyclic amines) is 1. The van der Waals surface area contributed by atoms with E-state index in [0.29, 0.717) is 12.5 Å². The molecule has 3 atom stereocenters. The number of amides is 2. The molecule has 3 rings (SSSR count). The van der Waals surface area contributed by atoms with E-state index in [4.69, 9.17) is 0 Å². The monoisotopic (exact) mass is 294 g/mol. The van der Waals surface area contributed by atoms with Crippen LogP contribution in [-0.4, -0.2) is 40.1 Å². The topological polar surface area (TPSA) is 69.6 Å². The standard InChI is InChI=1S/C16H26N2O3/c1-16(8-3-2-4-9-16)17-15(21)18-10-11-6-5-7-12(11)13(18)14(19)20/h11-13H,2-10H2,1H3,(H,17,21)(H,19,20). The van der Waals surface area contributed by atoms with Gasteiger partial charge in [-0.05, 0) is 44.4 Å². The summed E-state index contributed by atoms with van der Waals surface area (Å²) >= 11 is 0. The van der Waals surface area contributed by atoms with E-state index in [0.717, 1.165) is 44.9 Å². The summed E-state index contributed by atoms with van der Waals surface area (Å²) in [4.78, 5) is 25.8. The first-order chi connectivity index (χ1) is 10.0. The molecule has 3 fully saturated rings. The molecule has 0 aromatic rings. The summed E-state index contributed by atoms with van der Waals surface area (Å²) in [5, 5.41) is 12.7. The summed E-state index contributed by atoms with van der Waals surface area (Å²) in [5.74, 6) is -0.295. The van der Waals surface area contributed by atoms with Crippen LogP contribution in [0.2, 0.25) is 0 Å². The summed E-state index contributed by atoms with van der Waals surface area (Å²) in [6.07, 6.45) is 8.63. The van der Waals surface area contributed by atoms with E-state index in [1.165, 1.54) is 6.42 Å². The number of fused-ring (bicyclic) bond motifs is 1. The third kappa shape index (κ3) is 2.74. The Bertz CT molecular complexity index is 431. The smallest absolute Gasteiger partial charge is 0.326 e. The lowest BCUT2D eigenvalue weighted by atomic mass is 9.83. The number of nitrogens with one attached hydrogen (secondary N) is 1. The molecular weight excluding hydrogens is 268 g/mol. The van der Waals surface area contributed by atoms with Crippen LogP contribution < -0.4 is 5.32 Å². The number of urea groups is 1. The first-order valence-electron chi connectivity index (χ1n) is 8.32. The Morgan fingerprint density at radius 2 is 1.86 bits per heavy atom. The van der Waals surface area contributed by atoms with Crippen molar-refractivity contribution in [3.63, 3.8) is 0 Å². The highest BCUT2D eigenvalue weighted by atomic mass is 16.4. The van der Waals surface area contributed by atoms with E-state index in [2.05, 4.69) is 12.2 Å². The quantitative estimate of drug-likeness (QED) is 0.822. The molecule has 0 spiro atoms. The Hall–Kier alpha value is -1.26. The Labute approximate surface area is 126 Å². The van der Waals surface area contributed by atoms with Crippen LogP contribution in [0.25, 0.3) is 0 Å². The Balaban J connectivity index is 1.70. The zero-order valence-electron chi connectivity index (χ0n) is 12.8. The van der Waals surface area contributed by atoms with Crippen molar-refractivity contribution in [1.82, 2.24) is 10.2 Å². The van der Waals surface area contributed by atoms with Gasteiger partial charge in [-0.15, -0.1) is 0 Å². The number of rotatable bonds is 2. The third-order valence-electron chi connectivity index (χ3n) is 5.77. The van der Waals surface area contributed by atoms with E-state index in [9.17, 15) is 14.7 Å². The average Bonchev–Trinajstić information content (AvgIpc) is 2.97. The summed E-state index contributed by atoms with van der Waals surface area (Å²) in [6, 6.07) is -0.786. The fraction of sp³-hybridized carbons (Fsp3) is 0.875. The summed E-state index contributed by atoms with van der Waals surface area (Å²) in [5.41, 5.74) is -0.157. The highest BCUT2D eigenvalue weighted by Crippen LogP contribution is 2.42. The SMILES string of the molecule is CC1(NC(=O)N2CC3CCCC3C2C(=O)O)CCCCC1. The molecule has 0 aromatic heterocycles. The van der Waals surface area contributed by atoms with Gasteiger partial charge in [-0.25, -0.2) is 9.59 Å². The lowest BCUT2D eigenvalue weighted by Gasteiger charge is -2.37. The average molecular weight is 294 g/mol. The molecule has 5 nitrogen and oxygen atoms in total. The van der Waals surface area contributed by atoms with Gasteiger partial charge in [0.25, 0.3) is 0 Å². The molecule has 0 radical (unpaired) electrons. The summed E-state index contributed by atoms with van der Waals surface area (Å²) in [6.45, 7) is 2.71. The molecule has 3 aliphatic rings. The molecule has 21 heavy (non-hydrogen) atoms. The minimum Gasteiger partial charge on any atom is -0.480 e. The van der Waals surface area contributed by atoms with E-state index in [1.807, 2.05) is 0 Å². The van der Waals surface area contributed by atoms with Crippen molar-refractivity contribution in [2.24, 2.45) is 11.8 Å². The molecule has 2 N–H and O–H groups in total. The van der Waals surface area contributed by atoms with E-state index in [-0.39, 0.29) is 17.5 Å². The molecule has 118 valence electrons. The molecule has 5 heteroatoms. The van der Waals surface area contributed by atoms with Gasteiger partial charge in [0, 0.05) is 12.1 Å². The van der Waals surface area contributed by atoms with Crippen LogP contribution in [0, 0.1) is 11.8 Å². The van der Waals surface area contributed by atoms with Gasteiger partial charge >= 0.3 is 12.0 Å². The number of carbonyl (C=O) groups is 2. The maximum absolute atomic E-state index is 12.6. The number of hydrogen-bond acceptors (Lipinski definition) is 2. The van der Waals surface area contributed by atoms with Crippen molar-refractivity contribution in [1.29, 1.82) is 0 Å². The predicted molar refractivity (Wildman–Crippen MR) is 79.0 cm³/mol. The van der Waals surface area contributed by atoms with Gasteiger partial charge < -0.3 is 15.3 Å². The van der Waals surface area contributed by atoms with Crippen LogP contribution in [0.1, 0.15) is 58.3 Å². The zero-order valence-corrected chi connectivity index (χ0v) is 12.8. The predicted octanol–water partition coefficient (Wildman–Crippen LogP) is 2.60. The van der Waals surface area contributed by atoms with Crippen molar-refractivity contribution in [3.8, 4) is 0 Å². The summed E-state index contributed by atoms with van der Waals surface area (Å²) < 4.78 is 0. The molecule has 2 aliphatic carbocycles. The van der Waals surface area contributed by atoms with E-state index in [1.54, 1.807) is 4.90 Å². The van der Waals surface area contributed by atoms with Gasteiger partial charge in [-0.3, -0.25) is 0 Å². The van der Waals surface area contributed by atoms with Crippen molar-refractivity contribution < 1.29 is 14.7 Å².